The Morgan fingerprint density at radius 2 is 2.04 bits per heavy atom. The third kappa shape index (κ3) is 2.80. The van der Waals surface area contributed by atoms with Crippen molar-refractivity contribution in [3.63, 3.8) is 0 Å². The summed E-state index contributed by atoms with van der Waals surface area (Å²) in [6, 6.07) is 12.1. The van der Waals surface area contributed by atoms with E-state index in [9.17, 15) is 0 Å². The summed E-state index contributed by atoms with van der Waals surface area (Å²) >= 11 is 6.18. The largest absolute Gasteiger partial charge is 0.278 e. The first-order valence-electron chi connectivity index (χ1n) is 7.24. The number of aryl methyl sites for hydroxylation is 2. The summed E-state index contributed by atoms with van der Waals surface area (Å²) in [4.78, 5) is 0. The highest BCUT2D eigenvalue weighted by atomic mass is 35.5. The smallest absolute Gasteiger partial charge is 0.204 e. The van der Waals surface area contributed by atoms with Gasteiger partial charge < -0.3 is 0 Å². The molecule has 7 heteroatoms. The van der Waals surface area contributed by atoms with E-state index in [2.05, 4.69) is 43.0 Å². The zero-order valence-electron chi connectivity index (χ0n) is 12.1. The predicted molar refractivity (Wildman–Crippen MR) is 88.1 cm³/mol. The van der Waals surface area contributed by atoms with Gasteiger partial charge in [0.2, 0.25) is 5.82 Å². The van der Waals surface area contributed by atoms with E-state index in [0.29, 0.717) is 5.82 Å². The lowest BCUT2D eigenvalue weighted by molar-refractivity contribution is 0.881. The van der Waals surface area contributed by atoms with E-state index in [1.807, 2.05) is 30.5 Å². The molecule has 0 amide bonds. The van der Waals surface area contributed by atoms with Gasteiger partial charge in [0, 0.05) is 16.0 Å². The second-order valence-corrected chi connectivity index (χ2v) is 5.77. The molecule has 0 unspecified atom stereocenters. The van der Waals surface area contributed by atoms with Gasteiger partial charge in [-0.25, -0.2) is 0 Å². The summed E-state index contributed by atoms with van der Waals surface area (Å²) in [5.41, 5.74) is 4.32. The predicted octanol–water partition coefficient (Wildman–Crippen LogP) is 3.18. The molecule has 23 heavy (non-hydrogen) atoms. The third-order valence-corrected chi connectivity index (χ3v) is 4.04. The Morgan fingerprint density at radius 3 is 2.91 bits per heavy atom. The van der Waals surface area contributed by atoms with Crippen LogP contribution in [-0.4, -0.2) is 30.8 Å². The second kappa shape index (κ2) is 5.81. The molecule has 2 heterocycles. The zero-order chi connectivity index (χ0) is 15.6. The topological polar surface area (TPSA) is 83.1 Å². The van der Waals surface area contributed by atoms with E-state index in [0.717, 1.165) is 34.3 Å². The fourth-order valence-electron chi connectivity index (χ4n) is 2.72. The molecular formula is C16H13ClN6. The van der Waals surface area contributed by atoms with Gasteiger partial charge in [-0.15, -0.1) is 10.2 Å². The Balaban J connectivity index is 1.59. The average molecular weight is 325 g/mol. The van der Waals surface area contributed by atoms with Crippen molar-refractivity contribution >= 4 is 22.5 Å². The average Bonchev–Trinajstić information content (AvgIpc) is 3.24. The maximum atomic E-state index is 6.18. The van der Waals surface area contributed by atoms with E-state index in [1.165, 1.54) is 11.1 Å². The van der Waals surface area contributed by atoms with Gasteiger partial charge in [-0.1, -0.05) is 29.8 Å². The molecule has 0 aliphatic heterocycles. The van der Waals surface area contributed by atoms with Crippen molar-refractivity contribution in [3.05, 3.63) is 58.7 Å². The normalized spacial score (nSPS) is 11.2. The van der Waals surface area contributed by atoms with Crippen LogP contribution in [0.2, 0.25) is 5.02 Å². The van der Waals surface area contributed by atoms with E-state index < -0.39 is 0 Å². The number of tetrazole rings is 1. The summed E-state index contributed by atoms with van der Waals surface area (Å²) < 4.78 is 0. The first-order chi connectivity index (χ1) is 11.3. The molecule has 114 valence electrons. The van der Waals surface area contributed by atoms with E-state index >= 15 is 0 Å². The van der Waals surface area contributed by atoms with Gasteiger partial charge in [0.25, 0.3) is 0 Å². The first-order valence-corrected chi connectivity index (χ1v) is 7.62. The minimum atomic E-state index is 0.604. The Kier molecular flexibility index (Phi) is 3.51. The molecule has 0 bridgehead atoms. The molecule has 4 rings (SSSR count). The third-order valence-electron chi connectivity index (χ3n) is 3.82. The van der Waals surface area contributed by atoms with Gasteiger partial charge >= 0.3 is 0 Å². The molecule has 4 aromatic rings. The maximum absolute atomic E-state index is 6.18. The second-order valence-electron chi connectivity index (χ2n) is 5.33. The fourth-order valence-corrected chi connectivity index (χ4v) is 2.96. The number of nitrogens with zero attached hydrogens (tertiary/aromatic N) is 4. The zero-order valence-corrected chi connectivity index (χ0v) is 12.9. The molecule has 2 N–H and O–H groups in total. The molecular weight excluding hydrogens is 312 g/mol. The Labute approximate surface area is 136 Å². The highest BCUT2D eigenvalue weighted by molar-refractivity contribution is 6.31. The van der Waals surface area contributed by atoms with Gasteiger partial charge in [-0.05, 0) is 47.4 Å². The molecule has 0 atom stereocenters. The van der Waals surface area contributed by atoms with Crippen molar-refractivity contribution in [1.82, 2.24) is 30.8 Å². The van der Waals surface area contributed by atoms with Crippen LogP contribution in [0.5, 0.6) is 0 Å². The summed E-state index contributed by atoms with van der Waals surface area (Å²) in [6.45, 7) is 0. The molecule has 0 aliphatic rings. The van der Waals surface area contributed by atoms with Crippen molar-refractivity contribution in [2.24, 2.45) is 0 Å². The van der Waals surface area contributed by atoms with Crippen LogP contribution in [0.1, 0.15) is 11.1 Å². The fraction of sp³-hybridized carbons (Fsp3) is 0.125. The van der Waals surface area contributed by atoms with Gasteiger partial charge in [0.05, 0.1) is 11.7 Å². The minimum absolute atomic E-state index is 0.604. The number of halogens is 1. The van der Waals surface area contributed by atoms with E-state index in [-0.39, 0.29) is 0 Å². The molecule has 6 nitrogen and oxygen atoms in total. The van der Waals surface area contributed by atoms with Crippen LogP contribution in [0.25, 0.3) is 22.3 Å². The van der Waals surface area contributed by atoms with Crippen LogP contribution in [0.3, 0.4) is 0 Å². The number of H-pyrrole nitrogens is 2. The van der Waals surface area contributed by atoms with Gasteiger partial charge in [-0.2, -0.15) is 10.3 Å². The van der Waals surface area contributed by atoms with Crippen molar-refractivity contribution < 1.29 is 0 Å². The number of benzene rings is 2. The number of rotatable bonds is 4. The van der Waals surface area contributed by atoms with Crippen molar-refractivity contribution in [2.45, 2.75) is 12.8 Å². The van der Waals surface area contributed by atoms with Crippen molar-refractivity contribution in [3.8, 4) is 11.4 Å². The standard InChI is InChI=1S/C16H13ClN6/c17-13-7-11(14-9-18-19-15(14)8-13)5-4-10-2-1-3-12(6-10)16-20-22-23-21-16/h1-3,6-9H,4-5H2,(H,18,19)(H,20,21,22,23). The molecule has 2 aromatic heterocycles. The van der Waals surface area contributed by atoms with Crippen LogP contribution >= 0.6 is 11.6 Å². The SMILES string of the molecule is Clc1cc(CCc2cccc(-c3nn[nH]n3)c2)c2cn[nH]c2c1. The maximum Gasteiger partial charge on any atom is 0.204 e. The molecule has 0 saturated heterocycles. The highest BCUT2D eigenvalue weighted by Crippen LogP contribution is 2.24. The summed E-state index contributed by atoms with van der Waals surface area (Å²) in [7, 11) is 0. The van der Waals surface area contributed by atoms with Gasteiger partial charge in [0.1, 0.15) is 0 Å². The number of aromatic amines is 2. The summed E-state index contributed by atoms with van der Waals surface area (Å²) in [6.07, 6.45) is 3.62. The number of hydrogen-bond acceptors (Lipinski definition) is 4. The first kappa shape index (κ1) is 13.9. The number of hydrogen-bond donors (Lipinski definition) is 2. The monoisotopic (exact) mass is 324 g/mol. The quantitative estimate of drug-likeness (QED) is 0.604. The van der Waals surface area contributed by atoms with Crippen LogP contribution < -0.4 is 0 Å². The van der Waals surface area contributed by atoms with Crippen LogP contribution in [0.15, 0.2) is 42.6 Å². The summed E-state index contributed by atoms with van der Waals surface area (Å²) in [5.74, 6) is 0.604. The van der Waals surface area contributed by atoms with E-state index in [4.69, 9.17) is 11.6 Å². The summed E-state index contributed by atoms with van der Waals surface area (Å²) in [5, 5.41) is 23.0. The highest BCUT2D eigenvalue weighted by Gasteiger charge is 2.07. The number of aromatic nitrogens is 6. The van der Waals surface area contributed by atoms with Crippen LogP contribution in [-0.2, 0) is 12.8 Å². The molecule has 0 saturated carbocycles. The molecule has 0 aliphatic carbocycles. The molecule has 0 radical (unpaired) electrons. The Bertz CT molecular complexity index is 944. The Morgan fingerprint density at radius 1 is 1.09 bits per heavy atom. The van der Waals surface area contributed by atoms with Crippen molar-refractivity contribution in [2.75, 3.05) is 0 Å². The van der Waals surface area contributed by atoms with Gasteiger partial charge in [-0.3, -0.25) is 5.10 Å². The number of nitrogens with one attached hydrogen (secondary N) is 2. The van der Waals surface area contributed by atoms with Crippen LogP contribution in [0, 0.1) is 0 Å². The lowest BCUT2D eigenvalue weighted by Gasteiger charge is -2.06. The van der Waals surface area contributed by atoms with Crippen LogP contribution in [0.4, 0.5) is 0 Å². The van der Waals surface area contributed by atoms with Crippen molar-refractivity contribution in [1.29, 1.82) is 0 Å². The number of fused-ring (bicyclic) bond motifs is 1. The lowest BCUT2D eigenvalue weighted by atomic mass is 10.0. The van der Waals surface area contributed by atoms with Gasteiger partial charge in [0.15, 0.2) is 0 Å². The molecule has 0 fully saturated rings. The van der Waals surface area contributed by atoms with E-state index in [1.54, 1.807) is 0 Å². The molecule has 0 spiro atoms. The Hall–Kier alpha value is -2.73. The molecule has 2 aromatic carbocycles. The minimum Gasteiger partial charge on any atom is -0.278 e. The lowest BCUT2D eigenvalue weighted by Crippen LogP contribution is -1.93.